The molecule has 186 valence electrons. The Balaban J connectivity index is 1.62. The van der Waals surface area contributed by atoms with Gasteiger partial charge in [0, 0.05) is 45.0 Å². The minimum Gasteiger partial charge on any atom is -0.350 e. The molecule has 0 bridgehead atoms. The quantitative estimate of drug-likeness (QED) is 0.242. The van der Waals surface area contributed by atoms with E-state index in [2.05, 4.69) is 20.6 Å². The van der Waals surface area contributed by atoms with Crippen LogP contribution >= 0.6 is 21.6 Å². The highest BCUT2D eigenvalue weighted by molar-refractivity contribution is 8.76. The second-order valence-electron chi connectivity index (χ2n) is 8.75. The van der Waals surface area contributed by atoms with Gasteiger partial charge in [-0.25, -0.2) is 0 Å². The second kappa shape index (κ2) is 11.8. The third-order valence-corrected chi connectivity index (χ3v) is 8.59. The molecule has 0 radical (unpaired) electrons. The van der Waals surface area contributed by atoms with E-state index in [1.165, 1.54) is 0 Å². The van der Waals surface area contributed by atoms with Gasteiger partial charge in [-0.05, 0) is 51.0 Å². The van der Waals surface area contributed by atoms with Crippen molar-refractivity contribution in [2.75, 3.05) is 0 Å². The number of amides is 2. The van der Waals surface area contributed by atoms with Crippen molar-refractivity contribution in [1.82, 2.24) is 20.6 Å². The Labute approximate surface area is 219 Å². The molecule has 0 fully saturated rings. The molecule has 4 rings (SSSR count). The van der Waals surface area contributed by atoms with Crippen molar-refractivity contribution in [2.24, 2.45) is 0 Å². The zero-order valence-corrected chi connectivity index (χ0v) is 22.5. The average molecular weight is 519 g/mol. The minimum absolute atomic E-state index is 0.0898. The van der Waals surface area contributed by atoms with Gasteiger partial charge < -0.3 is 10.6 Å². The lowest BCUT2D eigenvalue weighted by Gasteiger charge is -2.14. The average Bonchev–Trinajstić information content (AvgIpc) is 2.90. The van der Waals surface area contributed by atoms with Crippen molar-refractivity contribution in [3.8, 4) is 0 Å². The van der Waals surface area contributed by atoms with Crippen LogP contribution in [-0.2, 0) is 0 Å². The normalized spacial score (nSPS) is 12.9. The van der Waals surface area contributed by atoms with Gasteiger partial charge >= 0.3 is 0 Å². The Morgan fingerprint density at radius 1 is 0.722 bits per heavy atom. The smallest absolute Gasteiger partial charge is 0.252 e. The van der Waals surface area contributed by atoms with Crippen molar-refractivity contribution in [3.05, 3.63) is 72.1 Å². The van der Waals surface area contributed by atoms with Gasteiger partial charge in [0.2, 0.25) is 0 Å². The number of hydrogen-bond acceptors (Lipinski definition) is 6. The molecule has 0 aliphatic heterocycles. The molecule has 2 N–H and O–H groups in total. The van der Waals surface area contributed by atoms with E-state index in [1.807, 2.05) is 64.1 Å². The number of rotatable bonds is 9. The molecule has 2 atom stereocenters. The number of para-hydroxylation sites is 2. The number of carbonyl (C=O) groups excluding carboxylic acids is 2. The zero-order valence-electron chi connectivity index (χ0n) is 20.9. The first kappa shape index (κ1) is 26.0. The summed E-state index contributed by atoms with van der Waals surface area (Å²) in [6.07, 6.45) is 5.10. The van der Waals surface area contributed by atoms with Gasteiger partial charge in [0.1, 0.15) is 0 Å². The van der Waals surface area contributed by atoms with E-state index < -0.39 is 0 Å². The van der Waals surface area contributed by atoms with Crippen molar-refractivity contribution < 1.29 is 9.59 Å². The van der Waals surface area contributed by atoms with Gasteiger partial charge in [-0.1, -0.05) is 59.7 Å². The molecule has 36 heavy (non-hydrogen) atoms. The molecular formula is C28H30N4O2S2. The standard InChI is InChI=1S/C28H30N4O2S2/c1-5-17(3)31-27(33)21-13-15-29-25-19(21)9-7-11-23(25)35-36-24-12-8-10-20-22(14-16-30-26(20)24)28(34)32-18(4)6-2/h7-18H,5-6H2,1-4H3,(H,31,33)(H,32,34). The highest BCUT2D eigenvalue weighted by Crippen LogP contribution is 2.42. The van der Waals surface area contributed by atoms with Crippen molar-refractivity contribution in [2.45, 2.75) is 62.4 Å². The van der Waals surface area contributed by atoms with Crippen molar-refractivity contribution in [1.29, 1.82) is 0 Å². The molecule has 2 aromatic carbocycles. The largest absolute Gasteiger partial charge is 0.350 e. The predicted octanol–water partition coefficient (Wildman–Crippen LogP) is 6.64. The highest BCUT2D eigenvalue weighted by atomic mass is 33.1. The number of fused-ring (bicyclic) bond motifs is 2. The van der Waals surface area contributed by atoms with Crippen LogP contribution in [-0.4, -0.2) is 33.9 Å². The van der Waals surface area contributed by atoms with E-state index in [1.54, 1.807) is 46.1 Å². The van der Waals surface area contributed by atoms with Crippen molar-refractivity contribution in [3.63, 3.8) is 0 Å². The first-order valence-corrected chi connectivity index (χ1v) is 14.3. The molecule has 0 aliphatic carbocycles. The SMILES string of the molecule is CCC(C)NC(=O)c1ccnc2c(SSc3cccc4c(C(=O)NC(C)CC)ccnc34)cccc12. The summed E-state index contributed by atoms with van der Waals surface area (Å²) in [5.41, 5.74) is 2.82. The van der Waals surface area contributed by atoms with Crippen LogP contribution < -0.4 is 10.6 Å². The lowest BCUT2D eigenvalue weighted by molar-refractivity contribution is 0.0932. The maximum Gasteiger partial charge on any atom is 0.252 e. The second-order valence-corrected chi connectivity index (χ2v) is 11.0. The summed E-state index contributed by atoms with van der Waals surface area (Å²) in [6.45, 7) is 8.09. The maximum absolute atomic E-state index is 12.8. The lowest BCUT2D eigenvalue weighted by Crippen LogP contribution is -2.32. The topological polar surface area (TPSA) is 84.0 Å². The third kappa shape index (κ3) is 5.65. The fraction of sp³-hybridized carbons (Fsp3) is 0.286. The monoisotopic (exact) mass is 518 g/mol. The molecule has 4 aromatic rings. The Morgan fingerprint density at radius 2 is 1.14 bits per heavy atom. The summed E-state index contributed by atoms with van der Waals surface area (Å²) in [5.74, 6) is -0.180. The van der Waals surface area contributed by atoms with E-state index in [9.17, 15) is 9.59 Å². The van der Waals surface area contributed by atoms with Gasteiger partial charge in [0.25, 0.3) is 11.8 Å². The molecule has 8 heteroatoms. The summed E-state index contributed by atoms with van der Waals surface area (Å²) < 4.78 is 0. The van der Waals surface area contributed by atoms with Crippen LogP contribution in [0.5, 0.6) is 0 Å². The number of pyridine rings is 2. The number of hydrogen-bond donors (Lipinski definition) is 2. The van der Waals surface area contributed by atoms with E-state index >= 15 is 0 Å². The van der Waals surface area contributed by atoms with Gasteiger partial charge in [0.15, 0.2) is 0 Å². The summed E-state index contributed by atoms with van der Waals surface area (Å²) in [5, 5.41) is 7.74. The Bertz CT molecular complexity index is 1300. The Hall–Kier alpha value is -3.10. The molecular weight excluding hydrogens is 488 g/mol. The minimum atomic E-state index is -0.0898. The van der Waals surface area contributed by atoms with Crippen LogP contribution in [0.4, 0.5) is 0 Å². The van der Waals surface area contributed by atoms with E-state index in [0.29, 0.717) is 11.1 Å². The molecule has 2 amide bonds. The van der Waals surface area contributed by atoms with Crippen LogP contribution in [0.2, 0.25) is 0 Å². The van der Waals surface area contributed by atoms with Crippen LogP contribution in [0.15, 0.2) is 70.7 Å². The van der Waals surface area contributed by atoms with Gasteiger partial charge in [0.05, 0.1) is 22.2 Å². The van der Waals surface area contributed by atoms with Crippen LogP contribution in [0.1, 0.15) is 61.3 Å². The number of aromatic nitrogens is 2. The van der Waals surface area contributed by atoms with Crippen LogP contribution in [0.3, 0.4) is 0 Å². The fourth-order valence-electron chi connectivity index (χ4n) is 3.73. The predicted molar refractivity (Wildman–Crippen MR) is 150 cm³/mol. The summed E-state index contributed by atoms with van der Waals surface area (Å²) in [7, 11) is 3.13. The number of benzene rings is 2. The highest BCUT2D eigenvalue weighted by Gasteiger charge is 2.17. The lowest BCUT2D eigenvalue weighted by atomic mass is 10.1. The number of carbonyl (C=O) groups is 2. The molecule has 2 heterocycles. The Morgan fingerprint density at radius 3 is 1.53 bits per heavy atom. The fourth-order valence-corrected chi connectivity index (χ4v) is 6.00. The van der Waals surface area contributed by atoms with Crippen LogP contribution in [0, 0.1) is 0 Å². The molecule has 0 saturated heterocycles. The zero-order chi connectivity index (χ0) is 25.7. The van der Waals surface area contributed by atoms with E-state index in [4.69, 9.17) is 0 Å². The number of nitrogens with zero attached hydrogens (tertiary/aromatic N) is 2. The first-order chi connectivity index (χ1) is 17.4. The van der Waals surface area contributed by atoms with E-state index in [0.717, 1.165) is 44.4 Å². The first-order valence-electron chi connectivity index (χ1n) is 12.1. The van der Waals surface area contributed by atoms with Gasteiger partial charge in [-0.15, -0.1) is 0 Å². The van der Waals surface area contributed by atoms with Crippen LogP contribution in [0.25, 0.3) is 21.8 Å². The molecule has 2 unspecified atom stereocenters. The van der Waals surface area contributed by atoms with Gasteiger partial charge in [-0.3, -0.25) is 19.6 Å². The van der Waals surface area contributed by atoms with E-state index in [-0.39, 0.29) is 23.9 Å². The molecule has 0 spiro atoms. The number of nitrogens with one attached hydrogen (secondary N) is 2. The third-order valence-electron chi connectivity index (χ3n) is 6.16. The van der Waals surface area contributed by atoms with Crippen molar-refractivity contribution >= 4 is 55.2 Å². The molecule has 0 aliphatic rings. The van der Waals surface area contributed by atoms with Gasteiger partial charge in [-0.2, -0.15) is 0 Å². The summed E-state index contributed by atoms with van der Waals surface area (Å²) in [6, 6.07) is 15.5. The molecule has 2 aromatic heterocycles. The summed E-state index contributed by atoms with van der Waals surface area (Å²) in [4.78, 5) is 36.8. The Kier molecular flexibility index (Phi) is 8.48. The molecule has 6 nitrogen and oxygen atoms in total. The maximum atomic E-state index is 12.8. The summed E-state index contributed by atoms with van der Waals surface area (Å²) >= 11 is 0. The molecule has 0 saturated carbocycles.